The molecule has 1 saturated carbocycles. The number of fused-ring (bicyclic) bond motifs is 1. The molecule has 3 unspecified atom stereocenters. The quantitative estimate of drug-likeness (QED) is 0.578. The van der Waals surface area contributed by atoms with Gasteiger partial charge >= 0.3 is 12.4 Å². The Labute approximate surface area is 196 Å². The minimum absolute atomic E-state index is 0.0299. The number of hydrogen-bond acceptors (Lipinski definition) is 3. The standard InChI is InChI=1S/C24H22F6N2O3/c1-12-4-3-5-13(2)19(12)32-11-22(10-17(33)9-18(22)20(32)34)21(35)31-16-7-14(23(25,26)27)6-15(8-16)24(28,29)30/h3-8,17-18,33H,9-11H2,1-2H3,(H,31,35). The van der Waals surface area contributed by atoms with Crippen LogP contribution < -0.4 is 10.2 Å². The number of nitrogens with zero attached hydrogens (tertiary/aromatic N) is 1. The maximum Gasteiger partial charge on any atom is 0.416 e. The molecule has 1 aliphatic carbocycles. The van der Waals surface area contributed by atoms with Gasteiger partial charge in [0.1, 0.15) is 0 Å². The van der Waals surface area contributed by atoms with Crippen LogP contribution in [0.2, 0.25) is 0 Å². The van der Waals surface area contributed by atoms with Crippen LogP contribution in [-0.4, -0.2) is 29.6 Å². The average Bonchev–Trinajstić information content (AvgIpc) is 3.20. The SMILES string of the molecule is Cc1cccc(C)c1N1CC2(C(=O)Nc3cc(C(F)(F)F)cc(C(F)(F)F)c3)CC(O)CC2C1=O. The molecule has 2 fully saturated rings. The summed E-state index contributed by atoms with van der Waals surface area (Å²) < 4.78 is 79.4. The molecule has 1 aliphatic heterocycles. The summed E-state index contributed by atoms with van der Waals surface area (Å²) in [6.45, 7) is 3.41. The van der Waals surface area contributed by atoms with Crippen molar-refractivity contribution in [2.45, 2.75) is 45.1 Å². The van der Waals surface area contributed by atoms with E-state index in [4.69, 9.17) is 0 Å². The molecule has 35 heavy (non-hydrogen) atoms. The van der Waals surface area contributed by atoms with Crippen LogP contribution in [0.5, 0.6) is 0 Å². The molecule has 2 aromatic rings. The third-order valence-electron chi connectivity index (χ3n) is 6.79. The summed E-state index contributed by atoms with van der Waals surface area (Å²) in [6, 6.07) is 6.18. The first kappa shape index (κ1) is 25.0. The van der Waals surface area contributed by atoms with E-state index in [0.717, 1.165) is 11.1 Å². The summed E-state index contributed by atoms with van der Waals surface area (Å²) in [5, 5.41) is 12.4. The number of aliphatic hydroxyl groups is 1. The second-order valence-electron chi connectivity index (χ2n) is 9.22. The molecule has 1 heterocycles. The van der Waals surface area contributed by atoms with Gasteiger partial charge in [0, 0.05) is 17.9 Å². The summed E-state index contributed by atoms with van der Waals surface area (Å²) in [6.07, 6.45) is -11.4. The highest BCUT2D eigenvalue weighted by Gasteiger charge is 2.62. The lowest BCUT2D eigenvalue weighted by Gasteiger charge is -2.28. The van der Waals surface area contributed by atoms with Crippen LogP contribution in [0.4, 0.5) is 37.7 Å². The van der Waals surface area contributed by atoms with Crippen molar-refractivity contribution in [2.24, 2.45) is 11.3 Å². The second kappa shape index (κ2) is 8.25. The Morgan fingerprint density at radius 1 is 1.03 bits per heavy atom. The van der Waals surface area contributed by atoms with E-state index >= 15 is 0 Å². The lowest BCUT2D eigenvalue weighted by Crippen LogP contribution is -2.41. The van der Waals surface area contributed by atoms with Crippen LogP contribution in [0, 0.1) is 25.2 Å². The van der Waals surface area contributed by atoms with Crippen LogP contribution in [0.25, 0.3) is 0 Å². The number of rotatable bonds is 3. The van der Waals surface area contributed by atoms with E-state index in [1.165, 1.54) is 4.90 Å². The third-order valence-corrected chi connectivity index (χ3v) is 6.79. The summed E-state index contributed by atoms with van der Waals surface area (Å²) >= 11 is 0. The van der Waals surface area contributed by atoms with Crippen LogP contribution in [0.15, 0.2) is 36.4 Å². The topological polar surface area (TPSA) is 69.6 Å². The van der Waals surface area contributed by atoms with Gasteiger partial charge in [-0.2, -0.15) is 26.3 Å². The minimum Gasteiger partial charge on any atom is -0.393 e. The molecule has 2 aromatic carbocycles. The zero-order chi connectivity index (χ0) is 25.9. The average molecular weight is 500 g/mol. The summed E-state index contributed by atoms with van der Waals surface area (Å²) in [4.78, 5) is 28.1. The highest BCUT2D eigenvalue weighted by molar-refractivity contribution is 6.08. The number of hydrogen-bond donors (Lipinski definition) is 2. The molecule has 5 nitrogen and oxygen atoms in total. The van der Waals surface area contributed by atoms with E-state index in [2.05, 4.69) is 5.32 Å². The molecular weight excluding hydrogens is 478 g/mol. The van der Waals surface area contributed by atoms with Gasteiger partial charge in [0.25, 0.3) is 0 Å². The number of carbonyl (C=O) groups is 2. The Morgan fingerprint density at radius 2 is 1.57 bits per heavy atom. The molecule has 0 aromatic heterocycles. The fourth-order valence-electron chi connectivity index (χ4n) is 5.23. The molecular formula is C24H22F6N2O3. The maximum absolute atomic E-state index is 13.4. The van der Waals surface area contributed by atoms with Crippen molar-refractivity contribution in [1.82, 2.24) is 0 Å². The number of para-hydroxylation sites is 1. The summed E-state index contributed by atoms with van der Waals surface area (Å²) in [5.41, 5.74) is -3.22. The largest absolute Gasteiger partial charge is 0.416 e. The number of nitrogens with one attached hydrogen (secondary N) is 1. The molecule has 0 spiro atoms. The van der Waals surface area contributed by atoms with Gasteiger partial charge in [0.2, 0.25) is 11.8 Å². The van der Waals surface area contributed by atoms with Gasteiger partial charge < -0.3 is 15.3 Å². The number of carbonyl (C=O) groups excluding carboxylic acids is 2. The predicted octanol–water partition coefficient (Wildman–Crippen LogP) is 5.08. The van der Waals surface area contributed by atoms with Crippen molar-refractivity contribution >= 4 is 23.2 Å². The molecule has 4 rings (SSSR count). The van der Waals surface area contributed by atoms with Crippen LogP contribution >= 0.6 is 0 Å². The van der Waals surface area contributed by atoms with Crippen LogP contribution in [0.1, 0.15) is 35.1 Å². The van der Waals surface area contributed by atoms with Crippen molar-refractivity contribution in [3.05, 3.63) is 58.7 Å². The van der Waals surface area contributed by atoms with Gasteiger partial charge in [-0.15, -0.1) is 0 Å². The normalized spacial score (nSPS) is 24.6. The first-order valence-electron chi connectivity index (χ1n) is 10.8. The number of benzene rings is 2. The molecule has 2 aliphatic rings. The van der Waals surface area contributed by atoms with E-state index in [9.17, 15) is 41.0 Å². The Morgan fingerprint density at radius 3 is 2.09 bits per heavy atom. The van der Waals surface area contributed by atoms with Crippen molar-refractivity contribution in [3.63, 3.8) is 0 Å². The molecule has 2 amide bonds. The minimum atomic E-state index is -5.08. The van der Waals surface area contributed by atoms with Crippen molar-refractivity contribution in [1.29, 1.82) is 0 Å². The Bertz CT molecular complexity index is 1140. The number of aryl methyl sites for hydroxylation is 2. The molecule has 0 bridgehead atoms. The zero-order valence-electron chi connectivity index (χ0n) is 18.7. The van der Waals surface area contributed by atoms with E-state index in [0.29, 0.717) is 17.8 Å². The van der Waals surface area contributed by atoms with E-state index < -0.39 is 58.4 Å². The maximum atomic E-state index is 13.4. The van der Waals surface area contributed by atoms with Crippen LogP contribution in [-0.2, 0) is 21.9 Å². The number of amides is 2. The Hall–Kier alpha value is -3.08. The smallest absolute Gasteiger partial charge is 0.393 e. The van der Waals surface area contributed by atoms with E-state index in [1.807, 2.05) is 0 Å². The van der Waals surface area contributed by atoms with Gasteiger partial charge in [-0.05, 0) is 56.0 Å². The van der Waals surface area contributed by atoms with Gasteiger partial charge in [-0.1, -0.05) is 18.2 Å². The number of anilines is 2. The zero-order valence-corrected chi connectivity index (χ0v) is 18.7. The van der Waals surface area contributed by atoms with Gasteiger partial charge in [-0.25, -0.2) is 0 Å². The molecule has 188 valence electrons. The number of aliphatic hydroxyl groups excluding tert-OH is 1. The first-order valence-corrected chi connectivity index (χ1v) is 10.8. The van der Waals surface area contributed by atoms with Gasteiger partial charge in [-0.3, -0.25) is 9.59 Å². The van der Waals surface area contributed by atoms with Crippen LogP contribution in [0.3, 0.4) is 0 Å². The highest BCUT2D eigenvalue weighted by atomic mass is 19.4. The predicted molar refractivity (Wildman–Crippen MR) is 115 cm³/mol. The number of halogens is 6. The Balaban J connectivity index is 1.72. The fraction of sp³-hybridized carbons (Fsp3) is 0.417. The first-order chi connectivity index (χ1) is 16.1. The molecule has 1 saturated heterocycles. The second-order valence-corrected chi connectivity index (χ2v) is 9.22. The lowest BCUT2D eigenvalue weighted by molar-refractivity contribution is -0.143. The lowest BCUT2D eigenvalue weighted by atomic mass is 9.79. The van der Waals surface area contributed by atoms with Crippen molar-refractivity contribution in [2.75, 3.05) is 16.8 Å². The summed E-state index contributed by atoms with van der Waals surface area (Å²) in [5.74, 6) is -2.30. The molecule has 11 heteroatoms. The van der Waals surface area contributed by atoms with Crippen molar-refractivity contribution in [3.8, 4) is 0 Å². The van der Waals surface area contributed by atoms with Crippen molar-refractivity contribution < 1.29 is 41.0 Å². The molecule has 0 radical (unpaired) electrons. The fourth-order valence-corrected chi connectivity index (χ4v) is 5.23. The van der Waals surface area contributed by atoms with Gasteiger partial charge in [0.15, 0.2) is 0 Å². The van der Waals surface area contributed by atoms with Gasteiger partial charge in [0.05, 0.1) is 28.6 Å². The third kappa shape index (κ3) is 4.37. The van der Waals surface area contributed by atoms with E-state index in [1.54, 1.807) is 32.0 Å². The Kier molecular flexibility index (Phi) is 5.90. The summed E-state index contributed by atoms with van der Waals surface area (Å²) in [7, 11) is 0. The number of alkyl halides is 6. The monoisotopic (exact) mass is 500 g/mol. The highest BCUT2D eigenvalue weighted by Crippen LogP contribution is 2.52. The molecule has 2 N–H and O–H groups in total. The van der Waals surface area contributed by atoms with E-state index in [-0.39, 0.29) is 25.5 Å². The molecule has 3 atom stereocenters.